The quantitative estimate of drug-likeness (QED) is 0.535. The molecule has 1 aliphatic carbocycles. The number of aryl methyl sites for hydroxylation is 1. The number of ether oxygens (including phenoxy) is 1. The number of nitrogens with zero attached hydrogens (tertiary/aromatic N) is 5. The number of pyridine rings is 1. The van der Waals surface area contributed by atoms with Crippen molar-refractivity contribution >= 4 is 0 Å². The van der Waals surface area contributed by atoms with Crippen LogP contribution in [0.1, 0.15) is 74.0 Å². The van der Waals surface area contributed by atoms with Crippen LogP contribution < -0.4 is 0 Å². The van der Waals surface area contributed by atoms with E-state index in [1.807, 2.05) is 12.4 Å². The van der Waals surface area contributed by atoms with Gasteiger partial charge in [-0.15, -0.1) is 0 Å². The van der Waals surface area contributed by atoms with Crippen LogP contribution in [0, 0.1) is 5.41 Å². The van der Waals surface area contributed by atoms with Gasteiger partial charge in [-0.05, 0) is 56.3 Å². The van der Waals surface area contributed by atoms with Crippen molar-refractivity contribution in [2.24, 2.45) is 5.41 Å². The van der Waals surface area contributed by atoms with Gasteiger partial charge >= 0.3 is 0 Å². The Hall–Kier alpha value is -2.61. The number of hydrogen-bond donors (Lipinski definition) is 1. The Kier molecular flexibility index (Phi) is 5.97. The van der Waals surface area contributed by atoms with Crippen LogP contribution in [-0.4, -0.2) is 63.1 Å². The maximum atomic E-state index is 12.5. The van der Waals surface area contributed by atoms with Crippen LogP contribution in [0.4, 0.5) is 0 Å². The monoisotopic (exact) mass is 487 g/mol. The number of benzene rings is 1. The highest BCUT2D eigenvalue weighted by Gasteiger charge is 2.55. The lowest BCUT2D eigenvalue weighted by Crippen LogP contribution is -2.63. The van der Waals surface area contributed by atoms with E-state index in [1.165, 1.54) is 5.56 Å². The third-order valence-electron chi connectivity index (χ3n) is 8.44. The summed E-state index contributed by atoms with van der Waals surface area (Å²) in [5.41, 5.74) is 2.34. The van der Waals surface area contributed by atoms with E-state index in [2.05, 4.69) is 65.8 Å². The molecule has 3 fully saturated rings. The highest BCUT2D eigenvalue weighted by Crippen LogP contribution is 2.50. The summed E-state index contributed by atoms with van der Waals surface area (Å²) in [6.07, 6.45) is 8.93. The van der Waals surface area contributed by atoms with Crippen molar-refractivity contribution in [2.45, 2.75) is 63.5 Å². The summed E-state index contributed by atoms with van der Waals surface area (Å²) in [7, 11) is 2.10. The van der Waals surface area contributed by atoms with Gasteiger partial charge in [0.1, 0.15) is 11.4 Å². The predicted molar refractivity (Wildman–Crippen MR) is 139 cm³/mol. The molecule has 0 bridgehead atoms. The van der Waals surface area contributed by atoms with E-state index in [-0.39, 0.29) is 5.41 Å². The Labute approximate surface area is 213 Å². The topological polar surface area (TPSA) is 76.3 Å². The van der Waals surface area contributed by atoms with Gasteiger partial charge in [0.25, 0.3) is 0 Å². The number of aliphatic hydroxyl groups is 1. The summed E-state index contributed by atoms with van der Waals surface area (Å²) in [5.74, 6) is 2.17. The van der Waals surface area contributed by atoms with E-state index in [0.717, 1.165) is 80.9 Å². The van der Waals surface area contributed by atoms with Gasteiger partial charge in [0.15, 0.2) is 5.82 Å². The fourth-order valence-corrected chi connectivity index (χ4v) is 6.26. The van der Waals surface area contributed by atoms with E-state index in [4.69, 9.17) is 14.8 Å². The second-order valence-electron chi connectivity index (χ2n) is 11.3. The van der Waals surface area contributed by atoms with Gasteiger partial charge < -0.3 is 14.7 Å². The smallest absolute Gasteiger partial charge is 0.182 e. The molecule has 36 heavy (non-hydrogen) atoms. The van der Waals surface area contributed by atoms with Crippen LogP contribution in [0.25, 0.3) is 11.4 Å². The van der Waals surface area contributed by atoms with Gasteiger partial charge in [-0.2, -0.15) is 5.10 Å². The molecule has 0 unspecified atom stereocenters. The van der Waals surface area contributed by atoms with E-state index in [0.29, 0.717) is 17.8 Å². The summed E-state index contributed by atoms with van der Waals surface area (Å²) in [5, 5.41) is 17.5. The van der Waals surface area contributed by atoms with Crippen molar-refractivity contribution in [3.8, 4) is 11.4 Å². The van der Waals surface area contributed by atoms with E-state index in [9.17, 15) is 5.11 Å². The average Bonchev–Trinajstić information content (AvgIpc) is 3.65. The Morgan fingerprint density at radius 3 is 2.42 bits per heavy atom. The molecule has 1 saturated carbocycles. The minimum atomic E-state index is -1.17. The molecule has 0 amide bonds. The zero-order valence-corrected chi connectivity index (χ0v) is 21.7. The van der Waals surface area contributed by atoms with Gasteiger partial charge in [-0.1, -0.05) is 38.1 Å². The molecule has 4 heterocycles. The molecule has 3 aromatic rings. The van der Waals surface area contributed by atoms with Crippen molar-refractivity contribution in [3.05, 3.63) is 65.2 Å². The summed E-state index contributed by atoms with van der Waals surface area (Å²) in [6, 6.07) is 10.9. The molecule has 0 radical (unpaired) electrons. The average molecular weight is 488 g/mol. The molecule has 0 spiro atoms. The summed E-state index contributed by atoms with van der Waals surface area (Å²) in [6.45, 7) is 7.52. The van der Waals surface area contributed by atoms with Crippen molar-refractivity contribution in [1.29, 1.82) is 0 Å². The van der Waals surface area contributed by atoms with E-state index in [1.54, 1.807) is 0 Å². The molecule has 2 saturated heterocycles. The number of likely N-dealkylation sites (tertiary alicyclic amines) is 1. The highest BCUT2D eigenvalue weighted by atomic mass is 16.5. The number of rotatable bonds is 7. The third-order valence-corrected chi connectivity index (χ3v) is 8.44. The predicted octanol–water partition coefficient (Wildman–Crippen LogP) is 4.32. The standard InChI is InChI=1S/C29H37N5O2/c1-4-20-5-7-23(8-6-20)29(35,28(2)18-33(3)19-28)24-15-22(16-30-17-24)26-31-27(21-11-13-36-14-12-21)34(32-26)25-9-10-25/h5-8,15-17,21,25,35H,4,9-14,18-19H2,1-3H3/t29-/m0/s1. The molecule has 1 aromatic carbocycles. The molecule has 7 heteroatoms. The summed E-state index contributed by atoms with van der Waals surface area (Å²) < 4.78 is 7.76. The molecule has 2 aromatic heterocycles. The lowest BCUT2D eigenvalue weighted by atomic mass is 9.62. The lowest BCUT2D eigenvalue weighted by Gasteiger charge is -2.55. The van der Waals surface area contributed by atoms with Crippen LogP contribution in [0.3, 0.4) is 0 Å². The lowest BCUT2D eigenvalue weighted by molar-refractivity contribution is -0.127. The molecule has 2 aliphatic heterocycles. The SMILES string of the molecule is CCc1ccc([C@](O)(c2cncc(-c3nc(C4CCOCC4)n(C4CC4)n3)c2)C2(C)CN(C)C2)cc1. The minimum Gasteiger partial charge on any atom is -0.381 e. The van der Waals surface area contributed by atoms with Crippen molar-refractivity contribution in [3.63, 3.8) is 0 Å². The second kappa shape index (κ2) is 9.05. The first-order valence-corrected chi connectivity index (χ1v) is 13.4. The maximum Gasteiger partial charge on any atom is 0.182 e. The molecule has 7 nitrogen and oxygen atoms in total. The fourth-order valence-electron chi connectivity index (χ4n) is 6.26. The maximum absolute atomic E-state index is 12.5. The highest BCUT2D eigenvalue weighted by molar-refractivity contribution is 5.56. The van der Waals surface area contributed by atoms with Gasteiger partial charge in [-0.25, -0.2) is 9.67 Å². The minimum absolute atomic E-state index is 0.330. The van der Waals surface area contributed by atoms with Gasteiger partial charge in [-0.3, -0.25) is 4.98 Å². The Morgan fingerprint density at radius 1 is 1.06 bits per heavy atom. The van der Waals surface area contributed by atoms with Crippen LogP contribution in [0.2, 0.25) is 0 Å². The molecule has 3 aliphatic rings. The van der Waals surface area contributed by atoms with E-state index < -0.39 is 5.60 Å². The number of hydrogen-bond acceptors (Lipinski definition) is 6. The first kappa shape index (κ1) is 23.8. The molecular formula is C29H37N5O2. The van der Waals surface area contributed by atoms with Crippen LogP contribution in [0.5, 0.6) is 0 Å². The molecule has 1 atom stereocenters. The Morgan fingerprint density at radius 2 is 1.78 bits per heavy atom. The van der Waals surface area contributed by atoms with E-state index >= 15 is 0 Å². The fraction of sp³-hybridized carbons (Fsp3) is 0.552. The molecule has 1 N–H and O–H groups in total. The van der Waals surface area contributed by atoms with Crippen LogP contribution in [-0.2, 0) is 16.8 Å². The molecule has 6 rings (SSSR count). The van der Waals surface area contributed by atoms with Crippen LogP contribution in [0.15, 0.2) is 42.7 Å². The first-order chi connectivity index (χ1) is 17.4. The van der Waals surface area contributed by atoms with Crippen molar-refractivity contribution < 1.29 is 9.84 Å². The van der Waals surface area contributed by atoms with Crippen molar-refractivity contribution in [1.82, 2.24) is 24.6 Å². The Bertz CT molecular complexity index is 1220. The van der Waals surface area contributed by atoms with Crippen LogP contribution >= 0.6 is 0 Å². The normalized spacial score (nSPS) is 22.2. The zero-order chi connectivity index (χ0) is 24.9. The molecular weight excluding hydrogens is 450 g/mol. The second-order valence-corrected chi connectivity index (χ2v) is 11.3. The van der Waals surface area contributed by atoms with Gasteiger partial charge in [0.05, 0.1) is 6.04 Å². The largest absolute Gasteiger partial charge is 0.381 e. The Balaban J connectivity index is 1.41. The third kappa shape index (κ3) is 3.98. The van der Waals surface area contributed by atoms with Crippen molar-refractivity contribution in [2.75, 3.05) is 33.4 Å². The van der Waals surface area contributed by atoms with Gasteiger partial charge in [0.2, 0.25) is 0 Å². The summed E-state index contributed by atoms with van der Waals surface area (Å²) in [4.78, 5) is 11.9. The summed E-state index contributed by atoms with van der Waals surface area (Å²) >= 11 is 0. The molecule has 190 valence electrons. The number of aromatic nitrogens is 4. The van der Waals surface area contributed by atoms with Gasteiger partial charge in [0, 0.05) is 61.2 Å². The zero-order valence-electron chi connectivity index (χ0n) is 21.7. The first-order valence-electron chi connectivity index (χ1n) is 13.4.